The normalized spacial score (nSPS) is 20.6. The van der Waals surface area contributed by atoms with Crippen LogP contribution in [0.4, 0.5) is 0 Å². The van der Waals surface area contributed by atoms with Crippen LogP contribution in [0.2, 0.25) is 0 Å². The second kappa shape index (κ2) is 8.86. The van der Waals surface area contributed by atoms with Crippen LogP contribution in [0.15, 0.2) is 35.3 Å². The van der Waals surface area contributed by atoms with Gasteiger partial charge in [-0.1, -0.05) is 56.7 Å². The summed E-state index contributed by atoms with van der Waals surface area (Å²) in [7, 11) is 0. The maximum Gasteiger partial charge on any atom is 0.345 e. The summed E-state index contributed by atoms with van der Waals surface area (Å²) in [5.41, 5.74) is 0.569. The Morgan fingerprint density at radius 2 is 1.54 bits per heavy atom. The summed E-state index contributed by atoms with van der Waals surface area (Å²) in [4.78, 5) is 17.2. The van der Waals surface area contributed by atoms with Crippen molar-refractivity contribution in [3.63, 3.8) is 0 Å². The molecule has 0 saturated heterocycles. The molecule has 0 bridgehead atoms. The maximum absolute atomic E-state index is 12.4. The predicted octanol–water partition coefficient (Wildman–Crippen LogP) is 4.45. The molecule has 1 aromatic rings. The van der Waals surface area contributed by atoms with E-state index in [1.165, 1.54) is 38.5 Å². The lowest BCUT2D eigenvalue weighted by atomic mass is 9.95. The molecule has 0 unspecified atom stereocenters. The smallest absolute Gasteiger partial charge is 0.345 e. The molecule has 4 nitrogen and oxygen atoms in total. The van der Waals surface area contributed by atoms with E-state index in [1.54, 1.807) is 12.1 Å². The molecule has 2 fully saturated rings. The van der Waals surface area contributed by atoms with Gasteiger partial charge in [-0.05, 0) is 37.8 Å². The molecule has 2 aliphatic carbocycles. The molecule has 0 heterocycles. The number of ether oxygens (including phenoxy) is 1. The maximum atomic E-state index is 12.4. The lowest BCUT2D eigenvalue weighted by molar-refractivity contribution is 0.0703. The van der Waals surface area contributed by atoms with Crippen molar-refractivity contribution in [2.75, 3.05) is 0 Å². The van der Waals surface area contributed by atoms with Gasteiger partial charge in [0.2, 0.25) is 0 Å². The third kappa shape index (κ3) is 5.08. The molecule has 3 rings (SSSR count). The Morgan fingerprint density at radius 1 is 0.917 bits per heavy atom. The molecule has 0 amide bonds. The molecular weight excluding hydrogens is 300 g/mol. The largest absolute Gasteiger partial charge is 0.389 e. The van der Waals surface area contributed by atoms with E-state index in [2.05, 4.69) is 5.32 Å². The van der Waals surface area contributed by atoms with Crippen molar-refractivity contribution in [2.45, 2.75) is 76.3 Å². The van der Waals surface area contributed by atoms with Crippen LogP contribution in [-0.2, 0) is 4.74 Å². The lowest BCUT2D eigenvalue weighted by Crippen LogP contribution is -2.39. The molecule has 1 N–H and O–H groups in total. The van der Waals surface area contributed by atoms with Crippen LogP contribution in [0, 0.1) is 0 Å². The van der Waals surface area contributed by atoms with Gasteiger partial charge in [0, 0.05) is 6.04 Å². The van der Waals surface area contributed by atoms with Gasteiger partial charge in [-0.2, -0.15) is 0 Å². The van der Waals surface area contributed by atoms with Gasteiger partial charge in [0.15, 0.2) is 0 Å². The number of esters is 1. The van der Waals surface area contributed by atoms with Crippen molar-refractivity contribution in [2.24, 2.45) is 4.99 Å². The van der Waals surface area contributed by atoms with Gasteiger partial charge in [-0.25, -0.2) is 9.79 Å². The number of nitrogens with one attached hydrogen (secondary N) is 1. The van der Waals surface area contributed by atoms with Crippen molar-refractivity contribution in [3.05, 3.63) is 35.9 Å². The Labute approximate surface area is 144 Å². The van der Waals surface area contributed by atoms with Gasteiger partial charge in [-0.15, -0.1) is 0 Å². The van der Waals surface area contributed by atoms with Crippen molar-refractivity contribution >= 4 is 12.0 Å². The molecule has 0 atom stereocenters. The topological polar surface area (TPSA) is 50.7 Å². The average Bonchev–Trinajstić information content (AvgIpc) is 2.64. The minimum absolute atomic E-state index is 0.286. The molecule has 0 aliphatic heterocycles. The first kappa shape index (κ1) is 17.0. The number of hydrogen-bond acceptors (Lipinski definition) is 3. The molecule has 0 spiro atoms. The van der Waals surface area contributed by atoms with E-state index in [0.29, 0.717) is 17.6 Å². The van der Waals surface area contributed by atoms with Gasteiger partial charge in [-0.3, -0.25) is 0 Å². The molecule has 0 radical (unpaired) electrons. The van der Waals surface area contributed by atoms with E-state index >= 15 is 0 Å². The number of amidine groups is 1. The Kier molecular flexibility index (Phi) is 6.27. The molecule has 2 saturated carbocycles. The summed E-state index contributed by atoms with van der Waals surface area (Å²) in [6, 6.07) is 10.3. The van der Waals surface area contributed by atoms with Crippen LogP contribution in [-0.4, -0.2) is 24.1 Å². The monoisotopic (exact) mass is 328 g/mol. The summed E-state index contributed by atoms with van der Waals surface area (Å²) < 4.78 is 5.64. The molecule has 1 aromatic carbocycles. The number of rotatable bonds is 3. The highest BCUT2D eigenvalue weighted by Crippen LogP contribution is 2.21. The summed E-state index contributed by atoms with van der Waals surface area (Å²) in [6.45, 7) is 0. The van der Waals surface area contributed by atoms with Crippen LogP contribution in [0.3, 0.4) is 0 Å². The van der Waals surface area contributed by atoms with E-state index in [-0.39, 0.29) is 12.0 Å². The van der Waals surface area contributed by atoms with Gasteiger partial charge in [0.25, 0.3) is 6.02 Å². The zero-order chi connectivity index (χ0) is 16.6. The average molecular weight is 328 g/mol. The van der Waals surface area contributed by atoms with Crippen molar-refractivity contribution < 1.29 is 9.53 Å². The van der Waals surface area contributed by atoms with E-state index in [9.17, 15) is 4.79 Å². The SMILES string of the molecule is O=C(OC(=NC1CCCCC1)NC1CCCCC1)c1ccccc1. The molecule has 4 heteroatoms. The third-order valence-electron chi connectivity index (χ3n) is 5.01. The quantitative estimate of drug-likeness (QED) is 0.506. The molecular formula is C20H28N2O2. The number of hydrogen-bond donors (Lipinski definition) is 1. The van der Waals surface area contributed by atoms with E-state index in [1.807, 2.05) is 18.2 Å². The molecule has 130 valence electrons. The minimum atomic E-state index is -0.325. The number of benzene rings is 1. The first-order chi connectivity index (χ1) is 11.8. The summed E-state index contributed by atoms with van der Waals surface area (Å²) >= 11 is 0. The highest BCUT2D eigenvalue weighted by molar-refractivity contribution is 5.97. The Balaban J connectivity index is 1.68. The lowest BCUT2D eigenvalue weighted by Gasteiger charge is -2.25. The third-order valence-corrected chi connectivity index (χ3v) is 5.01. The zero-order valence-electron chi connectivity index (χ0n) is 14.4. The van der Waals surface area contributed by atoms with Gasteiger partial charge in [0.05, 0.1) is 11.6 Å². The minimum Gasteiger partial charge on any atom is -0.389 e. The molecule has 0 aromatic heterocycles. The summed E-state index contributed by atoms with van der Waals surface area (Å²) in [6.07, 6.45) is 12.0. The van der Waals surface area contributed by atoms with E-state index in [0.717, 1.165) is 25.7 Å². The van der Waals surface area contributed by atoms with E-state index < -0.39 is 0 Å². The Morgan fingerprint density at radius 3 is 2.21 bits per heavy atom. The first-order valence-corrected chi connectivity index (χ1v) is 9.43. The highest BCUT2D eigenvalue weighted by atomic mass is 16.6. The van der Waals surface area contributed by atoms with Crippen molar-refractivity contribution in [1.82, 2.24) is 5.32 Å². The Hall–Kier alpha value is -1.84. The van der Waals surface area contributed by atoms with Crippen molar-refractivity contribution in [1.29, 1.82) is 0 Å². The summed E-state index contributed by atoms with van der Waals surface area (Å²) in [5.74, 6) is -0.325. The number of aliphatic imine (C=N–C) groups is 1. The Bertz CT molecular complexity index is 544. The van der Waals surface area contributed by atoms with Crippen molar-refractivity contribution in [3.8, 4) is 0 Å². The fourth-order valence-electron chi connectivity index (χ4n) is 3.61. The number of carbonyl (C=O) groups is 1. The van der Waals surface area contributed by atoms with Crippen LogP contribution in [0.25, 0.3) is 0 Å². The highest BCUT2D eigenvalue weighted by Gasteiger charge is 2.20. The first-order valence-electron chi connectivity index (χ1n) is 9.43. The fourth-order valence-corrected chi connectivity index (χ4v) is 3.61. The molecule has 24 heavy (non-hydrogen) atoms. The molecule has 2 aliphatic rings. The number of carbonyl (C=O) groups excluding carboxylic acids is 1. The predicted molar refractivity (Wildman–Crippen MR) is 96.2 cm³/mol. The van der Waals surface area contributed by atoms with Crippen LogP contribution < -0.4 is 5.32 Å². The fraction of sp³-hybridized carbons (Fsp3) is 0.600. The standard InChI is InChI=1S/C20H28N2O2/c23-19(16-10-4-1-5-11-16)24-20(21-17-12-6-2-7-13-17)22-18-14-8-3-9-15-18/h1,4-5,10-11,17-18H,2-3,6-9,12-15H2,(H,21,22). The van der Waals surface area contributed by atoms with Crippen LogP contribution in [0.5, 0.6) is 0 Å². The van der Waals surface area contributed by atoms with Gasteiger partial charge >= 0.3 is 5.97 Å². The van der Waals surface area contributed by atoms with Crippen LogP contribution >= 0.6 is 0 Å². The van der Waals surface area contributed by atoms with Gasteiger partial charge < -0.3 is 10.1 Å². The van der Waals surface area contributed by atoms with Crippen LogP contribution in [0.1, 0.15) is 74.6 Å². The van der Waals surface area contributed by atoms with Gasteiger partial charge in [0.1, 0.15) is 0 Å². The second-order valence-electron chi connectivity index (χ2n) is 6.96. The zero-order valence-corrected chi connectivity index (χ0v) is 14.4. The number of nitrogens with zero attached hydrogens (tertiary/aromatic N) is 1. The summed E-state index contributed by atoms with van der Waals surface area (Å²) in [5, 5.41) is 3.41. The second-order valence-corrected chi connectivity index (χ2v) is 6.96. The van der Waals surface area contributed by atoms with E-state index in [4.69, 9.17) is 9.73 Å².